The van der Waals surface area contributed by atoms with Gasteiger partial charge in [0.05, 0.1) is 37.9 Å². The number of hydrogen-bond acceptors (Lipinski definition) is 4. The van der Waals surface area contributed by atoms with Gasteiger partial charge in [-0.1, -0.05) is 71.1 Å². The Bertz CT molecular complexity index is 439. The van der Waals surface area contributed by atoms with Crippen LogP contribution >= 0.6 is 0 Å². The fourth-order valence-corrected chi connectivity index (χ4v) is 4.66. The predicted octanol–water partition coefficient (Wildman–Crippen LogP) is 6.54. The van der Waals surface area contributed by atoms with Crippen LogP contribution in [-0.2, 0) is 19.0 Å². The third kappa shape index (κ3) is 10.6. The van der Waals surface area contributed by atoms with Gasteiger partial charge < -0.3 is 14.2 Å². The first-order valence-electron chi connectivity index (χ1n) is 12.7. The van der Waals surface area contributed by atoms with Crippen molar-refractivity contribution < 1.29 is 23.4 Å². The standard InChI is InChI=1S/C25H45FO4/c1-2-3-4-5-6-7-8-12-17-30-25(27)21-15-16-24(23(26)20-21)29-19-18-28-22-13-10-9-11-14-22/h21-24H,2-20H2,1H3. The minimum Gasteiger partial charge on any atom is -0.465 e. The lowest BCUT2D eigenvalue weighted by Crippen LogP contribution is -2.37. The molecule has 0 radical (unpaired) electrons. The lowest BCUT2D eigenvalue weighted by atomic mass is 9.86. The van der Waals surface area contributed by atoms with Crippen LogP contribution in [-0.4, -0.2) is 44.2 Å². The van der Waals surface area contributed by atoms with Crippen molar-refractivity contribution in [2.75, 3.05) is 19.8 Å². The van der Waals surface area contributed by atoms with Gasteiger partial charge in [-0.2, -0.15) is 0 Å². The minimum atomic E-state index is -1.09. The molecule has 0 aromatic rings. The highest BCUT2D eigenvalue weighted by molar-refractivity contribution is 5.72. The minimum absolute atomic E-state index is 0.223. The summed E-state index contributed by atoms with van der Waals surface area (Å²) in [5.74, 6) is -0.535. The maximum atomic E-state index is 14.5. The van der Waals surface area contributed by atoms with E-state index in [2.05, 4.69) is 6.92 Å². The van der Waals surface area contributed by atoms with Gasteiger partial charge in [-0.3, -0.25) is 4.79 Å². The molecule has 0 saturated heterocycles. The Labute approximate surface area is 183 Å². The molecule has 2 aliphatic rings. The summed E-state index contributed by atoms with van der Waals surface area (Å²) in [5.41, 5.74) is 0. The number of alkyl halides is 1. The molecule has 2 fully saturated rings. The number of hydrogen-bond donors (Lipinski definition) is 0. The number of ether oxygens (including phenoxy) is 3. The molecule has 4 nitrogen and oxygen atoms in total. The van der Waals surface area contributed by atoms with E-state index in [1.807, 2.05) is 0 Å². The zero-order chi connectivity index (χ0) is 21.4. The van der Waals surface area contributed by atoms with Crippen LogP contribution in [0, 0.1) is 5.92 Å². The van der Waals surface area contributed by atoms with Crippen LogP contribution in [0.4, 0.5) is 4.39 Å². The predicted molar refractivity (Wildman–Crippen MR) is 118 cm³/mol. The van der Waals surface area contributed by atoms with Gasteiger partial charge in [-0.15, -0.1) is 0 Å². The van der Waals surface area contributed by atoms with E-state index in [9.17, 15) is 9.18 Å². The normalized spacial score (nSPS) is 25.3. The summed E-state index contributed by atoms with van der Waals surface area (Å²) in [4.78, 5) is 12.2. The smallest absolute Gasteiger partial charge is 0.309 e. The largest absolute Gasteiger partial charge is 0.465 e. The van der Waals surface area contributed by atoms with E-state index in [4.69, 9.17) is 14.2 Å². The number of halogens is 1. The number of esters is 1. The fraction of sp³-hybridized carbons (Fsp3) is 0.960. The lowest BCUT2D eigenvalue weighted by Gasteiger charge is -2.30. The molecule has 0 aliphatic heterocycles. The van der Waals surface area contributed by atoms with Gasteiger partial charge in [0.2, 0.25) is 0 Å². The zero-order valence-corrected chi connectivity index (χ0v) is 19.3. The molecule has 2 aliphatic carbocycles. The van der Waals surface area contributed by atoms with Crippen molar-refractivity contribution in [3.05, 3.63) is 0 Å². The zero-order valence-electron chi connectivity index (χ0n) is 19.3. The molecule has 0 heterocycles. The molecule has 30 heavy (non-hydrogen) atoms. The topological polar surface area (TPSA) is 44.8 Å². The van der Waals surface area contributed by atoms with Gasteiger partial charge >= 0.3 is 5.97 Å². The highest BCUT2D eigenvalue weighted by Gasteiger charge is 2.35. The van der Waals surface area contributed by atoms with Crippen molar-refractivity contribution in [1.82, 2.24) is 0 Å². The molecule has 0 amide bonds. The van der Waals surface area contributed by atoms with Gasteiger partial charge in [0, 0.05) is 0 Å². The van der Waals surface area contributed by atoms with Crippen LogP contribution in [0.1, 0.15) is 110 Å². The van der Waals surface area contributed by atoms with E-state index < -0.39 is 12.3 Å². The van der Waals surface area contributed by atoms with Gasteiger partial charge in [-0.05, 0) is 38.5 Å². The van der Waals surface area contributed by atoms with E-state index >= 15 is 0 Å². The molecular weight excluding hydrogens is 383 g/mol. The first kappa shape index (κ1) is 25.6. The molecule has 176 valence electrons. The second-order valence-corrected chi connectivity index (χ2v) is 9.21. The highest BCUT2D eigenvalue weighted by atomic mass is 19.1. The van der Waals surface area contributed by atoms with Gasteiger partial charge in [-0.25, -0.2) is 4.39 Å². The maximum Gasteiger partial charge on any atom is 0.309 e. The van der Waals surface area contributed by atoms with E-state index in [0.717, 1.165) is 25.7 Å². The molecule has 0 spiro atoms. The van der Waals surface area contributed by atoms with Crippen LogP contribution in [0.25, 0.3) is 0 Å². The van der Waals surface area contributed by atoms with Crippen molar-refractivity contribution in [3.8, 4) is 0 Å². The first-order valence-corrected chi connectivity index (χ1v) is 12.7. The van der Waals surface area contributed by atoms with E-state index in [-0.39, 0.29) is 18.3 Å². The second kappa shape index (κ2) is 16.0. The van der Waals surface area contributed by atoms with Crippen LogP contribution in [0.3, 0.4) is 0 Å². The number of rotatable bonds is 15. The van der Waals surface area contributed by atoms with Crippen LogP contribution in [0.15, 0.2) is 0 Å². The molecule has 0 aromatic carbocycles. The van der Waals surface area contributed by atoms with Crippen molar-refractivity contribution in [2.24, 2.45) is 5.92 Å². The first-order chi connectivity index (χ1) is 14.7. The third-order valence-electron chi connectivity index (χ3n) is 6.61. The van der Waals surface area contributed by atoms with Gasteiger partial charge in [0.1, 0.15) is 6.17 Å². The Morgan fingerprint density at radius 2 is 1.47 bits per heavy atom. The monoisotopic (exact) mass is 428 g/mol. The molecule has 3 atom stereocenters. The van der Waals surface area contributed by atoms with Crippen molar-refractivity contribution in [2.45, 2.75) is 128 Å². The summed E-state index contributed by atoms with van der Waals surface area (Å²) in [6, 6.07) is 0. The Morgan fingerprint density at radius 1 is 0.800 bits per heavy atom. The Balaban J connectivity index is 1.47. The third-order valence-corrected chi connectivity index (χ3v) is 6.61. The quantitative estimate of drug-likeness (QED) is 0.219. The number of unbranched alkanes of at least 4 members (excludes halogenated alkanes) is 7. The summed E-state index contributed by atoms with van der Waals surface area (Å²) < 4.78 is 31.5. The average molecular weight is 429 g/mol. The molecule has 0 aromatic heterocycles. The second-order valence-electron chi connectivity index (χ2n) is 9.21. The van der Waals surface area contributed by atoms with Crippen LogP contribution in [0.5, 0.6) is 0 Å². The molecule has 0 N–H and O–H groups in total. The summed E-state index contributed by atoms with van der Waals surface area (Å²) >= 11 is 0. The van der Waals surface area contributed by atoms with E-state index in [1.165, 1.54) is 57.8 Å². The maximum absolute atomic E-state index is 14.5. The Kier molecular flexibility index (Phi) is 13.7. The molecular formula is C25H45FO4. The molecule has 3 unspecified atom stereocenters. The highest BCUT2D eigenvalue weighted by Crippen LogP contribution is 2.30. The molecule has 5 heteroatoms. The molecule has 2 saturated carbocycles. The van der Waals surface area contributed by atoms with Gasteiger partial charge in [0.15, 0.2) is 0 Å². The van der Waals surface area contributed by atoms with Crippen molar-refractivity contribution in [1.29, 1.82) is 0 Å². The molecule has 2 rings (SSSR count). The summed E-state index contributed by atoms with van der Waals surface area (Å²) in [6.45, 7) is 3.68. The van der Waals surface area contributed by atoms with Gasteiger partial charge in [0.25, 0.3) is 0 Å². The Hall–Kier alpha value is -0.680. The Morgan fingerprint density at radius 3 is 2.17 bits per heavy atom. The summed E-state index contributed by atoms with van der Waals surface area (Å²) in [7, 11) is 0. The average Bonchev–Trinajstić information content (AvgIpc) is 2.77. The lowest BCUT2D eigenvalue weighted by molar-refractivity contribution is -0.153. The van der Waals surface area contributed by atoms with Crippen molar-refractivity contribution in [3.63, 3.8) is 0 Å². The van der Waals surface area contributed by atoms with Crippen LogP contribution in [0.2, 0.25) is 0 Å². The number of carbonyl (C=O) groups excluding carboxylic acids is 1. The number of carbonyl (C=O) groups is 1. The fourth-order valence-electron chi connectivity index (χ4n) is 4.66. The van der Waals surface area contributed by atoms with E-state index in [1.54, 1.807) is 0 Å². The van der Waals surface area contributed by atoms with E-state index in [0.29, 0.717) is 38.8 Å². The SMILES string of the molecule is CCCCCCCCCCOC(=O)C1CCC(OCCOC2CCCCC2)C(F)C1. The molecule has 0 bridgehead atoms. The van der Waals surface area contributed by atoms with Crippen LogP contribution < -0.4 is 0 Å². The van der Waals surface area contributed by atoms with Crippen molar-refractivity contribution >= 4 is 5.97 Å². The summed E-state index contributed by atoms with van der Waals surface area (Å²) in [5, 5.41) is 0. The summed E-state index contributed by atoms with van der Waals surface area (Å²) in [6.07, 6.45) is 16.2.